The van der Waals surface area contributed by atoms with E-state index in [-0.39, 0.29) is 16.5 Å². The van der Waals surface area contributed by atoms with E-state index < -0.39 is 4.92 Å². The molecule has 19 heavy (non-hydrogen) atoms. The Morgan fingerprint density at radius 3 is 2.53 bits per heavy atom. The second kappa shape index (κ2) is 5.49. The highest BCUT2D eigenvalue weighted by Crippen LogP contribution is 2.24. The van der Waals surface area contributed by atoms with Crippen molar-refractivity contribution in [1.29, 1.82) is 0 Å². The molecule has 1 N–H and O–H groups in total. The quantitative estimate of drug-likeness (QED) is 0.527. The van der Waals surface area contributed by atoms with Crippen LogP contribution in [0.15, 0.2) is 47.5 Å². The zero-order valence-corrected chi connectivity index (χ0v) is 10.4. The standard InChI is InChI=1S/C13H9ClN2O3/c14-12-6-1-9(7-13(12)16(18)19)8-15-10-2-4-11(17)5-3-10/h1-8,17H. The Hall–Kier alpha value is -2.40. The number of phenolic OH excluding ortho intramolecular Hbond substituents is 1. The SMILES string of the molecule is O=[N+]([O-])c1cc(C=Nc2ccc(O)cc2)ccc1Cl. The summed E-state index contributed by atoms with van der Waals surface area (Å²) in [6, 6.07) is 10.7. The summed E-state index contributed by atoms with van der Waals surface area (Å²) in [5, 5.41) is 20.0. The fourth-order valence-corrected chi connectivity index (χ4v) is 1.62. The molecule has 0 heterocycles. The predicted molar refractivity (Wildman–Crippen MR) is 73.5 cm³/mol. The van der Waals surface area contributed by atoms with E-state index in [0.29, 0.717) is 11.3 Å². The third-order valence-corrected chi connectivity index (χ3v) is 2.70. The van der Waals surface area contributed by atoms with Crippen LogP contribution in [0.4, 0.5) is 11.4 Å². The highest BCUT2D eigenvalue weighted by atomic mass is 35.5. The molecule has 0 aromatic heterocycles. The average Bonchev–Trinajstić information content (AvgIpc) is 2.39. The third-order valence-electron chi connectivity index (χ3n) is 2.38. The molecule has 2 aromatic carbocycles. The van der Waals surface area contributed by atoms with Gasteiger partial charge in [-0.2, -0.15) is 0 Å². The number of nitro groups is 1. The first-order chi connectivity index (χ1) is 9.06. The van der Waals surface area contributed by atoms with E-state index in [2.05, 4.69) is 4.99 Å². The number of nitro benzene ring substituents is 1. The molecular weight excluding hydrogens is 268 g/mol. The van der Waals surface area contributed by atoms with Crippen LogP contribution in [0.5, 0.6) is 5.75 Å². The Balaban J connectivity index is 2.26. The topological polar surface area (TPSA) is 75.7 Å². The second-order valence-corrected chi connectivity index (χ2v) is 4.15. The van der Waals surface area contributed by atoms with Crippen LogP contribution in [0.25, 0.3) is 0 Å². The Morgan fingerprint density at radius 2 is 1.89 bits per heavy atom. The largest absolute Gasteiger partial charge is 0.508 e. The number of rotatable bonds is 3. The van der Waals surface area contributed by atoms with Crippen LogP contribution in [0.1, 0.15) is 5.56 Å². The van der Waals surface area contributed by atoms with E-state index in [1.54, 1.807) is 18.2 Å². The maximum atomic E-state index is 10.7. The van der Waals surface area contributed by atoms with E-state index in [0.717, 1.165) is 0 Å². The summed E-state index contributed by atoms with van der Waals surface area (Å²) < 4.78 is 0. The van der Waals surface area contributed by atoms with Gasteiger partial charge in [-0.3, -0.25) is 15.1 Å². The smallest absolute Gasteiger partial charge is 0.288 e. The summed E-state index contributed by atoms with van der Waals surface area (Å²) in [5.41, 5.74) is 1.05. The number of hydrogen-bond donors (Lipinski definition) is 1. The molecule has 0 spiro atoms. The Kier molecular flexibility index (Phi) is 3.77. The number of aliphatic imine (C=N–C) groups is 1. The van der Waals surface area contributed by atoms with Crippen molar-refractivity contribution in [2.45, 2.75) is 0 Å². The number of hydrogen-bond acceptors (Lipinski definition) is 4. The van der Waals surface area contributed by atoms with Crippen LogP contribution in [0.3, 0.4) is 0 Å². The molecule has 0 radical (unpaired) electrons. The minimum absolute atomic E-state index is 0.0896. The minimum Gasteiger partial charge on any atom is -0.508 e. The molecule has 0 amide bonds. The van der Waals surface area contributed by atoms with Gasteiger partial charge in [0.1, 0.15) is 10.8 Å². The van der Waals surface area contributed by atoms with Crippen molar-refractivity contribution in [2.24, 2.45) is 4.99 Å². The van der Waals surface area contributed by atoms with Gasteiger partial charge in [0.05, 0.1) is 10.6 Å². The van der Waals surface area contributed by atoms with Crippen LogP contribution in [-0.4, -0.2) is 16.2 Å². The maximum Gasteiger partial charge on any atom is 0.288 e. The number of nitrogens with zero attached hydrogens (tertiary/aromatic N) is 2. The van der Waals surface area contributed by atoms with Gasteiger partial charge in [0.2, 0.25) is 0 Å². The minimum atomic E-state index is -0.541. The van der Waals surface area contributed by atoms with Crippen molar-refractivity contribution >= 4 is 29.2 Å². The van der Waals surface area contributed by atoms with Crippen molar-refractivity contribution in [3.8, 4) is 5.75 Å². The highest BCUT2D eigenvalue weighted by Gasteiger charge is 2.11. The van der Waals surface area contributed by atoms with Gasteiger partial charge in [-0.15, -0.1) is 0 Å². The van der Waals surface area contributed by atoms with E-state index in [1.165, 1.54) is 30.5 Å². The van der Waals surface area contributed by atoms with Crippen LogP contribution in [-0.2, 0) is 0 Å². The Bertz CT molecular complexity index is 639. The summed E-state index contributed by atoms with van der Waals surface area (Å²) in [4.78, 5) is 14.3. The van der Waals surface area contributed by atoms with E-state index in [1.807, 2.05) is 0 Å². The highest BCUT2D eigenvalue weighted by molar-refractivity contribution is 6.32. The van der Waals surface area contributed by atoms with Gasteiger partial charge < -0.3 is 5.11 Å². The van der Waals surface area contributed by atoms with E-state index in [4.69, 9.17) is 16.7 Å². The monoisotopic (exact) mass is 276 g/mol. The Morgan fingerprint density at radius 1 is 1.21 bits per heavy atom. The summed E-state index contributed by atoms with van der Waals surface area (Å²) >= 11 is 5.71. The van der Waals surface area contributed by atoms with Crippen molar-refractivity contribution in [3.05, 3.63) is 63.2 Å². The van der Waals surface area contributed by atoms with E-state index >= 15 is 0 Å². The van der Waals surface area contributed by atoms with Crippen LogP contribution >= 0.6 is 11.6 Å². The van der Waals surface area contributed by atoms with Gasteiger partial charge in [0.25, 0.3) is 5.69 Å². The molecule has 6 heteroatoms. The van der Waals surface area contributed by atoms with Crippen molar-refractivity contribution in [1.82, 2.24) is 0 Å². The molecule has 0 fully saturated rings. The summed E-state index contributed by atoms with van der Waals surface area (Å²) in [6.45, 7) is 0. The lowest BCUT2D eigenvalue weighted by Gasteiger charge is -1.97. The van der Waals surface area contributed by atoms with Crippen LogP contribution in [0.2, 0.25) is 5.02 Å². The number of aromatic hydroxyl groups is 1. The van der Waals surface area contributed by atoms with Gasteiger partial charge in [-0.1, -0.05) is 17.7 Å². The molecule has 0 unspecified atom stereocenters. The van der Waals surface area contributed by atoms with Gasteiger partial charge in [-0.05, 0) is 35.9 Å². The molecule has 0 aliphatic heterocycles. The van der Waals surface area contributed by atoms with Crippen molar-refractivity contribution in [3.63, 3.8) is 0 Å². The molecule has 2 rings (SSSR count). The lowest BCUT2D eigenvalue weighted by atomic mass is 10.2. The van der Waals surface area contributed by atoms with Crippen LogP contribution < -0.4 is 0 Å². The predicted octanol–water partition coefficient (Wildman–Crippen LogP) is 3.70. The van der Waals surface area contributed by atoms with Gasteiger partial charge in [0.15, 0.2) is 0 Å². The fraction of sp³-hybridized carbons (Fsp3) is 0. The lowest BCUT2D eigenvalue weighted by Crippen LogP contribution is -1.91. The molecule has 0 saturated heterocycles. The second-order valence-electron chi connectivity index (χ2n) is 3.74. The maximum absolute atomic E-state index is 10.7. The molecule has 2 aromatic rings. The molecule has 0 saturated carbocycles. The number of phenols is 1. The first-order valence-electron chi connectivity index (χ1n) is 5.33. The van der Waals surface area contributed by atoms with E-state index in [9.17, 15) is 10.1 Å². The normalized spacial score (nSPS) is 10.8. The van der Waals surface area contributed by atoms with Gasteiger partial charge >= 0.3 is 0 Å². The van der Waals surface area contributed by atoms with Crippen molar-refractivity contribution < 1.29 is 10.0 Å². The van der Waals surface area contributed by atoms with Gasteiger partial charge in [-0.25, -0.2) is 0 Å². The molecule has 5 nitrogen and oxygen atoms in total. The molecule has 0 bridgehead atoms. The van der Waals surface area contributed by atoms with Gasteiger partial charge in [0, 0.05) is 12.3 Å². The summed E-state index contributed by atoms with van der Waals surface area (Å²) in [6.07, 6.45) is 1.50. The third kappa shape index (κ3) is 3.29. The molecule has 0 aliphatic carbocycles. The first-order valence-corrected chi connectivity index (χ1v) is 5.71. The van der Waals surface area contributed by atoms with Crippen molar-refractivity contribution in [2.75, 3.05) is 0 Å². The summed E-state index contributed by atoms with van der Waals surface area (Å²) in [7, 11) is 0. The molecule has 0 aliphatic rings. The lowest BCUT2D eigenvalue weighted by molar-refractivity contribution is -0.384. The Labute approximate surface area is 113 Å². The zero-order valence-electron chi connectivity index (χ0n) is 9.65. The number of benzene rings is 2. The first kappa shape index (κ1) is 13.0. The fourth-order valence-electron chi connectivity index (χ4n) is 1.44. The zero-order chi connectivity index (χ0) is 13.8. The summed E-state index contributed by atoms with van der Waals surface area (Å²) in [5.74, 6) is 0.154. The molecule has 96 valence electrons. The molecule has 0 atom stereocenters. The average molecular weight is 277 g/mol. The number of halogens is 1. The molecular formula is C13H9ClN2O3. The van der Waals surface area contributed by atoms with Crippen LogP contribution in [0, 0.1) is 10.1 Å².